The van der Waals surface area contributed by atoms with Crippen molar-refractivity contribution in [3.05, 3.63) is 34.6 Å². The highest BCUT2D eigenvalue weighted by Crippen LogP contribution is 2.31. The summed E-state index contributed by atoms with van der Waals surface area (Å²) in [6, 6.07) is 7.81. The molecule has 0 atom stereocenters. The summed E-state index contributed by atoms with van der Waals surface area (Å²) < 4.78 is 1.87. The number of hydrogen-bond donors (Lipinski definition) is 0. The minimum absolute atomic E-state index is 0.0713. The molecule has 1 saturated carbocycles. The van der Waals surface area contributed by atoms with E-state index in [1.807, 2.05) is 28.8 Å². The fourth-order valence-corrected chi connectivity index (χ4v) is 3.56. The van der Waals surface area contributed by atoms with Gasteiger partial charge in [0.1, 0.15) is 0 Å². The number of benzene rings is 1. The van der Waals surface area contributed by atoms with Crippen LogP contribution in [0.2, 0.25) is 0 Å². The van der Waals surface area contributed by atoms with E-state index in [2.05, 4.69) is 10.9 Å². The number of fused-ring (bicyclic) bond motifs is 1. The second-order valence-corrected chi connectivity index (χ2v) is 5.96. The zero-order valence-corrected chi connectivity index (χ0v) is 12.0. The molecule has 20 heavy (non-hydrogen) atoms. The minimum atomic E-state index is 0.0713. The number of terminal acetylenes is 1. The molecule has 3 nitrogen and oxygen atoms in total. The maximum absolute atomic E-state index is 12.8. The number of para-hydroxylation sites is 1. The molecule has 1 heterocycles. The van der Waals surface area contributed by atoms with Gasteiger partial charge in [-0.3, -0.25) is 9.36 Å². The van der Waals surface area contributed by atoms with Gasteiger partial charge in [-0.1, -0.05) is 42.7 Å². The first-order valence-corrected chi connectivity index (χ1v) is 7.87. The first-order chi connectivity index (χ1) is 9.81. The van der Waals surface area contributed by atoms with E-state index in [9.17, 15) is 4.79 Å². The van der Waals surface area contributed by atoms with Crippen molar-refractivity contribution < 1.29 is 0 Å². The number of rotatable bonds is 3. The van der Waals surface area contributed by atoms with Crippen LogP contribution in [0.15, 0.2) is 34.2 Å². The number of aromatic nitrogens is 2. The fourth-order valence-electron chi connectivity index (χ4n) is 2.82. The second kappa shape index (κ2) is 5.72. The van der Waals surface area contributed by atoms with Crippen molar-refractivity contribution in [2.24, 2.45) is 0 Å². The van der Waals surface area contributed by atoms with Crippen LogP contribution in [-0.2, 0) is 0 Å². The lowest BCUT2D eigenvalue weighted by molar-refractivity contribution is 0.458. The number of nitrogens with zero attached hydrogens (tertiary/aromatic N) is 2. The van der Waals surface area contributed by atoms with Gasteiger partial charge < -0.3 is 0 Å². The van der Waals surface area contributed by atoms with Crippen molar-refractivity contribution in [1.82, 2.24) is 9.55 Å². The summed E-state index contributed by atoms with van der Waals surface area (Å²) in [6.07, 6.45) is 9.83. The molecule has 0 bridgehead atoms. The Bertz CT molecular complexity index is 723. The van der Waals surface area contributed by atoms with Crippen molar-refractivity contribution in [3.8, 4) is 12.3 Å². The van der Waals surface area contributed by atoms with Crippen LogP contribution in [0.1, 0.15) is 31.7 Å². The van der Waals surface area contributed by atoms with Crippen molar-refractivity contribution >= 4 is 22.7 Å². The maximum Gasteiger partial charge on any atom is 0.262 e. The van der Waals surface area contributed by atoms with Crippen molar-refractivity contribution in [3.63, 3.8) is 0 Å². The molecule has 1 aromatic carbocycles. The quantitative estimate of drug-likeness (QED) is 0.493. The van der Waals surface area contributed by atoms with Gasteiger partial charge in [-0.25, -0.2) is 4.98 Å². The SMILES string of the molecule is C#CCSc1nc2ccccc2c(=O)n1C1CCCC1. The molecule has 0 amide bonds. The third-order valence-corrected chi connectivity index (χ3v) is 4.61. The third-order valence-electron chi connectivity index (χ3n) is 3.75. The summed E-state index contributed by atoms with van der Waals surface area (Å²) in [7, 11) is 0. The standard InChI is InChI=1S/C16H16N2OS/c1-2-11-20-16-17-14-10-6-5-9-13(14)15(19)18(16)12-7-3-4-8-12/h1,5-6,9-10,12H,3-4,7-8,11H2. The first-order valence-electron chi connectivity index (χ1n) is 6.89. The number of thioether (sulfide) groups is 1. The van der Waals surface area contributed by atoms with Gasteiger partial charge in [-0.15, -0.1) is 6.42 Å². The summed E-state index contributed by atoms with van der Waals surface area (Å²) in [5.74, 6) is 3.15. The zero-order valence-electron chi connectivity index (χ0n) is 11.2. The van der Waals surface area contributed by atoms with E-state index in [1.54, 1.807) is 0 Å². The summed E-state index contributed by atoms with van der Waals surface area (Å²) >= 11 is 1.48. The van der Waals surface area contributed by atoms with Gasteiger partial charge in [0, 0.05) is 6.04 Å². The largest absolute Gasteiger partial charge is 0.284 e. The molecule has 0 saturated heterocycles. The molecule has 0 radical (unpaired) electrons. The lowest BCUT2D eigenvalue weighted by Gasteiger charge is -2.18. The van der Waals surface area contributed by atoms with Crippen LogP contribution in [0.3, 0.4) is 0 Å². The molecule has 1 aliphatic carbocycles. The average Bonchev–Trinajstić information content (AvgIpc) is 2.99. The average molecular weight is 284 g/mol. The van der Waals surface area contributed by atoms with Crippen molar-refractivity contribution in [1.29, 1.82) is 0 Å². The van der Waals surface area contributed by atoms with Gasteiger partial charge in [0.15, 0.2) is 5.16 Å². The predicted octanol–water partition coefficient (Wildman–Crippen LogP) is 3.24. The van der Waals surface area contributed by atoms with E-state index in [-0.39, 0.29) is 11.6 Å². The van der Waals surface area contributed by atoms with Crippen LogP contribution in [0.25, 0.3) is 10.9 Å². The molecular formula is C16H16N2OS. The van der Waals surface area contributed by atoms with Gasteiger partial charge in [0.05, 0.1) is 16.7 Å². The van der Waals surface area contributed by atoms with Crippen LogP contribution in [-0.4, -0.2) is 15.3 Å². The molecule has 102 valence electrons. The Morgan fingerprint density at radius 3 is 2.85 bits per heavy atom. The van der Waals surface area contributed by atoms with Crippen LogP contribution in [0.5, 0.6) is 0 Å². The predicted molar refractivity (Wildman–Crippen MR) is 83.1 cm³/mol. The highest BCUT2D eigenvalue weighted by atomic mass is 32.2. The topological polar surface area (TPSA) is 34.9 Å². The highest BCUT2D eigenvalue weighted by Gasteiger charge is 2.22. The van der Waals surface area contributed by atoms with Crippen LogP contribution >= 0.6 is 11.8 Å². The lowest BCUT2D eigenvalue weighted by Crippen LogP contribution is -2.26. The fraction of sp³-hybridized carbons (Fsp3) is 0.375. The monoisotopic (exact) mass is 284 g/mol. The zero-order chi connectivity index (χ0) is 13.9. The molecular weight excluding hydrogens is 268 g/mol. The lowest BCUT2D eigenvalue weighted by atomic mass is 10.2. The van der Waals surface area contributed by atoms with Gasteiger partial charge in [-0.05, 0) is 25.0 Å². The van der Waals surface area contributed by atoms with E-state index in [0.717, 1.165) is 23.5 Å². The smallest absolute Gasteiger partial charge is 0.262 e. The van der Waals surface area contributed by atoms with E-state index in [0.29, 0.717) is 11.1 Å². The number of hydrogen-bond acceptors (Lipinski definition) is 3. The van der Waals surface area contributed by atoms with Crippen LogP contribution in [0.4, 0.5) is 0 Å². The van der Waals surface area contributed by atoms with Crippen molar-refractivity contribution in [2.45, 2.75) is 36.9 Å². The molecule has 4 heteroatoms. The first kappa shape index (κ1) is 13.3. The molecule has 0 N–H and O–H groups in total. The Balaban J connectivity index is 2.19. The highest BCUT2D eigenvalue weighted by molar-refractivity contribution is 7.99. The summed E-state index contributed by atoms with van der Waals surface area (Å²) in [4.78, 5) is 17.4. The Morgan fingerprint density at radius 1 is 1.35 bits per heavy atom. The molecule has 3 rings (SSSR count). The molecule has 1 fully saturated rings. The Labute approximate surface area is 122 Å². The van der Waals surface area contributed by atoms with Crippen LogP contribution in [0, 0.1) is 12.3 Å². The molecule has 0 aliphatic heterocycles. The van der Waals surface area contributed by atoms with Crippen LogP contribution < -0.4 is 5.56 Å². The van der Waals surface area contributed by atoms with Crippen molar-refractivity contribution in [2.75, 3.05) is 5.75 Å². The van der Waals surface area contributed by atoms with Gasteiger partial charge in [0.25, 0.3) is 5.56 Å². The summed E-state index contributed by atoms with van der Waals surface area (Å²) in [5, 5.41) is 1.46. The summed E-state index contributed by atoms with van der Waals surface area (Å²) in [5.41, 5.74) is 0.827. The van der Waals surface area contributed by atoms with E-state index in [1.165, 1.54) is 24.6 Å². The minimum Gasteiger partial charge on any atom is -0.284 e. The van der Waals surface area contributed by atoms with Gasteiger partial charge >= 0.3 is 0 Å². The molecule has 0 spiro atoms. The Hall–Kier alpha value is -1.73. The van der Waals surface area contributed by atoms with E-state index >= 15 is 0 Å². The Morgan fingerprint density at radius 2 is 2.10 bits per heavy atom. The third kappa shape index (κ3) is 2.34. The normalized spacial score (nSPS) is 15.6. The molecule has 1 aliphatic rings. The van der Waals surface area contributed by atoms with Gasteiger partial charge in [-0.2, -0.15) is 0 Å². The Kier molecular flexibility index (Phi) is 3.79. The maximum atomic E-state index is 12.8. The second-order valence-electron chi connectivity index (χ2n) is 5.02. The van der Waals surface area contributed by atoms with Gasteiger partial charge in [0.2, 0.25) is 0 Å². The molecule has 2 aromatic rings. The molecule has 0 unspecified atom stereocenters. The molecule has 1 aromatic heterocycles. The van der Waals surface area contributed by atoms with E-state index < -0.39 is 0 Å². The van der Waals surface area contributed by atoms with E-state index in [4.69, 9.17) is 6.42 Å². The summed E-state index contributed by atoms with van der Waals surface area (Å²) in [6.45, 7) is 0.